The second kappa shape index (κ2) is 6.51. The average molecular weight is 331 g/mol. The summed E-state index contributed by atoms with van der Waals surface area (Å²) < 4.78 is 44.4. The summed E-state index contributed by atoms with van der Waals surface area (Å²) in [7, 11) is -1.51. The Balaban J connectivity index is 2.09. The van der Waals surface area contributed by atoms with Crippen LogP contribution < -0.4 is 9.47 Å². The highest BCUT2D eigenvalue weighted by atomic mass is 32.3. The molecule has 22 heavy (non-hydrogen) atoms. The molecule has 1 aliphatic rings. The molecule has 122 valence electrons. The second-order valence-corrected chi connectivity index (χ2v) is 6.68. The summed E-state index contributed by atoms with van der Waals surface area (Å²) in [6.07, 6.45) is 0.0459. The summed E-state index contributed by atoms with van der Waals surface area (Å²) in [4.78, 5) is 13.4. The van der Waals surface area contributed by atoms with E-state index in [4.69, 9.17) is 9.47 Å². The number of hydrogen-bond donors (Lipinski definition) is 0. The molecule has 0 radical (unpaired) electrons. The van der Waals surface area contributed by atoms with Crippen molar-refractivity contribution in [1.82, 2.24) is 4.90 Å². The second-order valence-electron chi connectivity index (χ2n) is 5.27. The average Bonchev–Trinajstić information content (AvgIpc) is 2.75. The molecule has 0 spiro atoms. The van der Waals surface area contributed by atoms with Gasteiger partial charge in [-0.15, -0.1) is 3.89 Å². The maximum absolute atomic E-state index is 12.7. The first-order chi connectivity index (χ1) is 10.3. The molecule has 0 aromatic heterocycles. The van der Waals surface area contributed by atoms with E-state index in [9.17, 15) is 17.1 Å². The van der Waals surface area contributed by atoms with Crippen molar-refractivity contribution in [3.8, 4) is 11.5 Å². The fourth-order valence-electron chi connectivity index (χ4n) is 2.58. The number of benzene rings is 1. The Labute approximate surface area is 129 Å². The number of halogens is 1. The van der Waals surface area contributed by atoms with Gasteiger partial charge in [-0.3, -0.25) is 4.79 Å². The van der Waals surface area contributed by atoms with Crippen LogP contribution in [-0.4, -0.2) is 45.7 Å². The zero-order valence-electron chi connectivity index (χ0n) is 12.4. The third-order valence-corrected chi connectivity index (χ3v) is 4.38. The first-order valence-electron chi connectivity index (χ1n) is 6.73. The summed E-state index contributed by atoms with van der Waals surface area (Å²) in [5.74, 6) is -0.102. The van der Waals surface area contributed by atoms with E-state index in [0.29, 0.717) is 18.0 Å². The zero-order chi connectivity index (χ0) is 16.3. The van der Waals surface area contributed by atoms with Crippen LogP contribution in [0.15, 0.2) is 18.2 Å². The maximum atomic E-state index is 12.7. The van der Waals surface area contributed by atoms with E-state index in [1.807, 2.05) is 0 Å². The van der Waals surface area contributed by atoms with Gasteiger partial charge in [0.05, 0.1) is 20.0 Å². The van der Waals surface area contributed by atoms with Crippen LogP contribution in [0.3, 0.4) is 0 Å². The van der Waals surface area contributed by atoms with Crippen LogP contribution >= 0.6 is 0 Å². The Hall–Kier alpha value is -1.83. The number of carbonyl (C=O) groups is 1. The Bertz CT molecular complexity index is 639. The predicted molar refractivity (Wildman–Crippen MR) is 78.0 cm³/mol. The Morgan fingerprint density at radius 3 is 2.32 bits per heavy atom. The molecule has 0 bridgehead atoms. The minimum Gasteiger partial charge on any atom is -0.497 e. The number of carbonyl (C=O) groups excluding carboxylic acids is 1. The lowest BCUT2D eigenvalue weighted by Gasteiger charge is -2.17. The lowest BCUT2D eigenvalue weighted by Crippen LogP contribution is -2.25. The zero-order valence-corrected chi connectivity index (χ0v) is 13.2. The standard InChI is InChI=1S/C14H18FNO5S/c1-20-12-3-10(4-13(6-12)21-2)7-16-8-11(5-14(16)17)9-22(15,18)19/h3-4,6,11H,5,7-9H2,1-2H3. The van der Waals surface area contributed by atoms with Gasteiger partial charge in [-0.25, -0.2) is 0 Å². The van der Waals surface area contributed by atoms with Crippen molar-refractivity contribution in [2.24, 2.45) is 5.92 Å². The van der Waals surface area contributed by atoms with Gasteiger partial charge in [-0.05, 0) is 17.7 Å². The Morgan fingerprint density at radius 1 is 1.23 bits per heavy atom. The van der Waals surface area contributed by atoms with Crippen LogP contribution in [0.2, 0.25) is 0 Å². The molecular formula is C14H18FNO5S. The van der Waals surface area contributed by atoms with Gasteiger partial charge < -0.3 is 14.4 Å². The fourth-order valence-corrected chi connectivity index (χ4v) is 3.36. The van der Waals surface area contributed by atoms with E-state index < -0.39 is 21.9 Å². The van der Waals surface area contributed by atoms with E-state index >= 15 is 0 Å². The normalized spacial score (nSPS) is 18.6. The number of methoxy groups -OCH3 is 2. The molecule has 0 N–H and O–H groups in total. The summed E-state index contributed by atoms with van der Waals surface area (Å²) in [6.45, 7) is 0.525. The van der Waals surface area contributed by atoms with Gasteiger partial charge in [0.1, 0.15) is 11.5 Å². The maximum Gasteiger partial charge on any atom is 0.302 e. The highest BCUT2D eigenvalue weighted by Gasteiger charge is 2.32. The molecular weight excluding hydrogens is 313 g/mol. The monoisotopic (exact) mass is 331 g/mol. The number of amides is 1. The Morgan fingerprint density at radius 2 is 1.82 bits per heavy atom. The topological polar surface area (TPSA) is 72.9 Å². The molecule has 1 atom stereocenters. The SMILES string of the molecule is COc1cc(CN2CC(CS(=O)(=O)F)CC2=O)cc(OC)c1. The van der Waals surface area contributed by atoms with Gasteiger partial charge in [-0.1, -0.05) is 0 Å². The van der Waals surface area contributed by atoms with Crippen molar-refractivity contribution in [2.75, 3.05) is 26.5 Å². The first-order valence-corrected chi connectivity index (χ1v) is 8.28. The van der Waals surface area contributed by atoms with Gasteiger partial charge in [0.15, 0.2) is 0 Å². The van der Waals surface area contributed by atoms with Gasteiger partial charge >= 0.3 is 10.2 Å². The van der Waals surface area contributed by atoms with Crippen molar-refractivity contribution in [3.63, 3.8) is 0 Å². The molecule has 2 rings (SSSR count). The van der Waals surface area contributed by atoms with Gasteiger partial charge in [0, 0.05) is 31.5 Å². The molecule has 1 amide bonds. The quantitative estimate of drug-likeness (QED) is 0.736. The Kier molecular flexibility index (Phi) is 4.90. The highest BCUT2D eigenvalue weighted by molar-refractivity contribution is 7.86. The summed E-state index contributed by atoms with van der Waals surface area (Å²) in [5.41, 5.74) is 0.799. The third-order valence-electron chi connectivity index (χ3n) is 3.51. The molecule has 1 aliphatic heterocycles. The molecule has 0 saturated carbocycles. The van der Waals surface area contributed by atoms with E-state index in [1.165, 1.54) is 19.1 Å². The smallest absolute Gasteiger partial charge is 0.302 e. The number of rotatable bonds is 6. The summed E-state index contributed by atoms with van der Waals surface area (Å²) in [5, 5.41) is 0. The van der Waals surface area contributed by atoms with Crippen LogP contribution in [0.1, 0.15) is 12.0 Å². The van der Waals surface area contributed by atoms with Crippen molar-refractivity contribution in [2.45, 2.75) is 13.0 Å². The molecule has 1 unspecified atom stereocenters. The van der Waals surface area contributed by atoms with E-state index in [-0.39, 0.29) is 18.9 Å². The summed E-state index contributed by atoms with van der Waals surface area (Å²) >= 11 is 0. The van der Waals surface area contributed by atoms with Crippen molar-refractivity contribution >= 4 is 16.1 Å². The van der Waals surface area contributed by atoms with Crippen molar-refractivity contribution < 1.29 is 26.6 Å². The third kappa shape index (κ3) is 4.33. The van der Waals surface area contributed by atoms with E-state index in [1.54, 1.807) is 18.2 Å². The van der Waals surface area contributed by atoms with Crippen molar-refractivity contribution in [1.29, 1.82) is 0 Å². The highest BCUT2D eigenvalue weighted by Crippen LogP contribution is 2.26. The van der Waals surface area contributed by atoms with Crippen LogP contribution in [-0.2, 0) is 21.6 Å². The minimum absolute atomic E-state index is 0.0459. The van der Waals surface area contributed by atoms with Crippen LogP contribution in [0.25, 0.3) is 0 Å². The number of ether oxygens (including phenoxy) is 2. The predicted octanol–water partition coefficient (Wildman–Crippen LogP) is 1.35. The number of likely N-dealkylation sites (tertiary alicyclic amines) is 1. The van der Waals surface area contributed by atoms with Crippen LogP contribution in [0, 0.1) is 5.92 Å². The molecule has 8 heteroatoms. The van der Waals surface area contributed by atoms with Gasteiger partial charge in [0.25, 0.3) is 0 Å². The first kappa shape index (κ1) is 16.5. The summed E-state index contributed by atoms with van der Waals surface area (Å²) in [6, 6.07) is 5.26. The van der Waals surface area contributed by atoms with Crippen LogP contribution in [0.4, 0.5) is 3.89 Å². The fraction of sp³-hybridized carbons (Fsp3) is 0.500. The largest absolute Gasteiger partial charge is 0.497 e. The molecule has 6 nitrogen and oxygen atoms in total. The van der Waals surface area contributed by atoms with Gasteiger partial charge in [0.2, 0.25) is 5.91 Å². The van der Waals surface area contributed by atoms with E-state index in [0.717, 1.165) is 5.56 Å². The van der Waals surface area contributed by atoms with Gasteiger partial charge in [-0.2, -0.15) is 8.42 Å². The number of nitrogens with zero attached hydrogens (tertiary/aromatic N) is 1. The minimum atomic E-state index is -4.57. The van der Waals surface area contributed by atoms with Crippen molar-refractivity contribution in [3.05, 3.63) is 23.8 Å². The molecule has 1 heterocycles. The molecule has 1 fully saturated rings. The molecule has 1 saturated heterocycles. The molecule has 0 aliphatic carbocycles. The van der Waals surface area contributed by atoms with E-state index in [2.05, 4.69) is 0 Å². The molecule has 1 aromatic carbocycles. The molecule has 1 aromatic rings. The number of hydrogen-bond acceptors (Lipinski definition) is 5. The van der Waals surface area contributed by atoms with Crippen LogP contribution in [0.5, 0.6) is 11.5 Å². The lowest BCUT2D eigenvalue weighted by molar-refractivity contribution is -0.128. The lowest BCUT2D eigenvalue weighted by atomic mass is 10.1.